The summed E-state index contributed by atoms with van der Waals surface area (Å²) in [5, 5.41) is 3.49. The second kappa shape index (κ2) is 4.52. The molecule has 0 saturated heterocycles. The summed E-state index contributed by atoms with van der Waals surface area (Å²) in [7, 11) is 0. The van der Waals surface area contributed by atoms with Crippen LogP contribution in [-0.2, 0) is 0 Å². The zero-order valence-electron chi connectivity index (χ0n) is 10.2. The molecular formula is C13H15N5. The molecule has 0 amide bonds. The molecule has 0 bridgehead atoms. The van der Waals surface area contributed by atoms with Crippen molar-refractivity contribution < 1.29 is 0 Å². The lowest BCUT2D eigenvalue weighted by Crippen LogP contribution is -2.13. The first-order valence-electron chi connectivity index (χ1n) is 6.06. The molecule has 5 heteroatoms. The Morgan fingerprint density at radius 3 is 3.06 bits per heavy atom. The maximum Gasteiger partial charge on any atom is 0.138 e. The van der Waals surface area contributed by atoms with E-state index in [9.17, 15) is 0 Å². The molecule has 0 aliphatic carbocycles. The highest BCUT2D eigenvalue weighted by Gasteiger charge is 2.12. The van der Waals surface area contributed by atoms with Crippen molar-refractivity contribution in [1.29, 1.82) is 0 Å². The van der Waals surface area contributed by atoms with Crippen LogP contribution >= 0.6 is 0 Å². The van der Waals surface area contributed by atoms with Crippen LogP contribution in [0.1, 0.15) is 25.2 Å². The molecule has 92 valence electrons. The Morgan fingerprint density at radius 1 is 1.33 bits per heavy atom. The first-order chi connectivity index (χ1) is 8.88. The molecule has 0 radical (unpaired) electrons. The predicted octanol–water partition coefficient (Wildman–Crippen LogP) is 2.62. The summed E-state index contributed by atoms with van der Waals surface area (Å²) in [6.07, 6.45) is 8.33. The van der Waals surface area contributed by atoms with Gasteiger partial charge in [-0.1, -0.05) is 13.0 Å². The van der Waals surface area contributed by atoms with E-state index in [0.717, 1.165) is 23.7 Å². The van der Waals surface area contributed by atoms with Gasteiger partial charge in [0, 0.05) is 24.8 Å². The molecule has 0 aliphatic rings. The van der Waals surface area contributed by atoms with Gasteiger partial charge in [-0.15, -0.1) is 0 Å². The van der Waals surface area contributed by atoms with E-state index < -0.39 is 0 Å². The van der Waals surface area contributed by atoms with E-state index in [-0.39, 0.29) is 6.04 Å². The number of imidazole rings is 2. The summed E-state index contributed by atoms with van der Waals surface area (Å²) < 4.78 is 2.03. The van der Waals surface area contributed by atoms with E-state index in [1.165, 1.54) is 0 Å². The summed E-state index contributed by atoms with van der Waals surface area (Å²) in [6.45, 7) is 2.13. The van der Waals surface area contributed by atoms with Gasteiger partial charge in [-0.2, -0.15) is 0 Å². The number of hydrogen-bond donors (Lipinski definition) is 2. The summed E-state index contributed by atoms with van der Waals surface area (Å²) in [4.78, 5) is 11.7. The molecule has 0 aliphatic heterocycles. The molecule has 3 aromatic rings. The molecule has 0 fully saturated rings. The number of hydrogen-bond acceptors (Lipinski definition) is 3. The Kier molecular flexibility index (Phi) is 2.72. The molecule has 0 spiro atoms. The van der Waals surface area contributed by atoms with Crippen molar-refractivity contribution >= 4 is 11.5 Å². The van der Waals surface area contributed by atoms with Gasteiger partial charge in [-0.25, -0.2) is 9.97 Å². The van der Waals surface area contributed by atoms with Gasteiger partial charge in [0.05, 0.1) is 6.04 Å². The van der Waals surface area contributed by atoms with E-state index >= 15 is 0 Å². The van der Waals surface area contributed by atoms with Gasteiger partial charge < -0.3 is 10.3 Å². The lowest BCUT2D eigenvalue weighted by Gasteiger charge is -2.17. The molecule has 0 saturated carbocycles. The highest BCUT2D eigenvalue weighted by atomic mass is 15.1. The Bertz CT molecular complexity index is 626. The van der Waals surface area contributed by atoms with Gasteiger partial charge in [0.15, 0.2) is 0 Å². The average Bonchev–Trinajstić information content (AvgIpc) is 3.06. The maximum atomic E-state index is 4.31. The molecule has 3 rings (SSSR count). The number of fused-ring (bicyclic) bond motifs is 1. The van der Waals surface area contributed by atoms with E-state index in [0.29, 0.717) is 0 Å². The fraction of sp³-hybridized carbons (Fsp3) is 0.231. The van der Waals surface area contributed by atoms with E-state index in [1.54, 1.807) is 12.4 Å². The molecule has 18 heavy (non-hydrogen) atoms. The van der Waals surface area contributed by atoms with Crippen LogP contribution in [0.15, 0.2) is 43.0 Å². The third-order valence-electron chi connectivity index (χ3n) is 3.01. The zero-order chi connectivity index (χ0) is 12.4. The van der Waals surface area contributed by atoms with E-state index in [1.807, 2.05) is 35.0 Å². The van der Waals surface area contributed by atoms with E-state index in [4.69, 9.17) is 0 Å². The number of aromatic nitrogens is 4. The van der Waals surface area contributed by atoms with Crippen molar-refractivity contribution in [1.82, 2.24) is 19.4 Å². The minimum atomic E-state index is 0.174. The molecule has 1 unspecified atom stereocenters. The van der Waals surface area contributed by atoms with Crippen molar-refractivity contribution in [2.75, 3.05) is 5.32 Å². The van der Waals surface area contributed by atoms with Crippen LogP contribution in [-0.4, -0.2) is 19.4 Å². The number of nitrogens with zero attached hydrogens (tertiary/aromatic N) is 3. The van der Waals surface area contributed by atoms with Crippen LogP contribution in [0.4, 0.5) is 5.82 Å². The largest absolute Gasteiger partial charge is 0.361 e. The fourth-order valence-corrected chi connectivity index (χ4v) is 2.08. The van der Waals surface area contributed by atoms with Gasteiger partial charge in [0.25, 0.3) is 0 Å². The minimum absolute atomic E-state index is 0.174. The molecule has 3 aromatic heterocycles. The SMILES string of the molecule is CCC(Nc1cccc2nccn12)c1ncc[nH]1. The van der Waals surface area contributed by atoms with Crippen LogP contribution in [0.5, 0.6) is 0 Å². The number of pyridine rings is 1. The Morgan fingerprint density at radius 2 is 2.28 bits per heavy atom. The summed E-state index contributed by atoms with van der Waals surface area (Å²) >= 11 is 0. The lowest BCUT2D eigenvalue weighted by molar-refractivity contribution is 0.698. The number of anilines is 1. The molecule has 2 N–H and O–H groups in total. The van der Waals surface area contributed by atoms with Crippen LogP contribution < -0.4 is 5.32 Å². The molecule has 3 heterocycles. The van der Waals surface area contributed by atoms with Gasteiger partial charge in [0.1, 0.15) is 17.3 Å². The van der Waals surface area contributed by atoms with Crippen molar-refractivity contribution in [3.8, 4) is 0 Å². The molecule has 1 atom stereocenters. The van der Waals surface area contributed by atoms with Crippen LogP contribution in [0.2, 0.25) is 0 Å². The normalized spacial score (nSPS) is 12.7. The average molecular weight is 241 g/mol. The van der Waals surface area contributed by atoms with Gasteiger partial charge in [-0.05, 0) is 18.6 Å². The predicted molar refractivity (Wildman–Crippen MR) is 70.4 cm³/mol. The fourth-order valence-electron chi connectivity index (χ4n) is 2.08. The second-order valence-corrected chi connectivity index (χ2v) is 4.15. The monoisotopic (exact) mass is 241 g/mol. The topological polar surface area (TPSA) is 58.0 Å². The zero-order valence-corrected chi connectivity index (χ0v) is 10.2. The molecule has 0 aromatic carbocycles. The van der Waals surface area contributed by atoms with Crippen molar-refractivity contribution in [2.45, 2.75) is 19.4 Å². The summed E-state index contributed by atoms with van der Waals surface area (Å²) in [6, 6.07) is 6.20. The number of H-pyrrole nitrogens is 1. The lowest BCUT2D eigenvalue weighted by atomic mass is 10.2. The van der Waals surface area contributed by atoms with E-state index in [2.05, 4.69) is 27.2 Å². The standard InChI is InChI=1S/C13H15N5/c1-2-10(13-15-6-7-16-13)17-12-5-3-4-11-14-8-9-18(11)12/h3-10,17H,2H2,1H3,(H,15,16). The first kappa shape index (κ1) is 10.8. The first-order valence-corrected chi connectivity index (χ1v) is 6.06. The quantitative estimate of drug-likeness (QED) is 0.738. The smallest absolute Gasteiger partial charge is 0.138 e. The Hall–Kier alpha value is -2.30. The third kappa shape index (κ3) is 1.84. The van der Waals surface area contributed by atoms with Crippen molar-refractivity contribution in [3.05, 3.63) is 48.8 Å². The van der Waals surface area contributed by atoms with Crippen molar-refractivity contribution in [2.24, 2.45) is 0 Å². The summed E-state index contributed by atoms with van der Waals surface area (Å²) in [5.74, 6) is 1.97. The molecule has 5 nitrogen and oxygen atoms in total. The molecular weight excluding hydrogens is 226 g/mol. The highest BCUT2D eigenvalue weighted by molar-refractivity contribution is 5.50. The maximum absolute atomic E-state index is 4.31. The number of aromatic amines is 1. The van der Waals surface area contributed by atoms with Crippen LogP contribution in [0, 0.1) is 0 Å². The van der Waals surface area contributed by atoms with Gasteiger partial charge >= 0.3 is 0 Å². The van der Waals surface area contributed by atoms with Gasteiger partial charge in [0.2, 0.25) is 0 Å². The third-order valence-corrected chi connectivity index (χ3v) is 3.01. The Balaban J connectivity index is 1.93. The number of nitrogens with one attached hydrogen (secondary N) is 2. The highest BCUT2D eigenvalue weighted by Crippen LogP contribution is 2.20. The Labute approximate surface area is 105 Å². The minimum Gasteiger partial charge on any atom is -0.361 e. The van der Waals surface area contributed by atoms with Crippen LogP contribution in [0.3, 0.4) is 0 Å². The second-order valence-electron chi connectivity index (χ2n) is 4.15. The van der Waals surface area contributed by atoms with Crippen LogP contribution in [0.25, 0.3) is 5.65 Å². The summed E-state index contributed by atoms with van der Waals surface area (Å²) in [5.41, 5.74) is 0.939. The van der Waals surface area contributed by atoms with Gasteiger partial charge in [-0.3, -0.25) is 4.40 Å². The van der Waals surface area contributed by atoms with Crippen molar-refractivity contribution in [3.63, 3.8) is 0 Å². The number of rotatable bonds is 4.